The number of nitrogens with one attached hydrogen (secondary N) is 2. The van der Waals surface area contributed by atoms with Crippen LogP contribution in [0.15, 0.2) is 43.0 Å². The first-order valence-corrected chi connectivity index (χ1v) is 6.10. The van der Waals surface area contributed by atoms with Gasteiger partial charge in [-0.2, -0.15) is 0 Å². The van der Waals surface area contributed by atoms with Crippen molar-refractivity contribution in [3.8, 4) is 0 Å². The molecular formula is C14H16N4O. The number of pyridine rings is 2. The molecule has 19 heavy (non-hydrogen) atoms. The molecule has 2 aromatic heterocycles. The maximum atomic E-state index is 12.0. The van der Waals surface area contributed by atoms with Crippen molar-refractivity contribution in [1.29, 1.82) is 0 Å². The van der Waals surface area contributed by atoms with E-state index < -0.39 is 0 Å². The monoisotopic (exact) mass is 256 g/mol. The van der Waals surface area contributed by atoms with Gasteiger partial charge in [0, 0.05) is 32.2 Å². The van der Waals surface area contributed by atoms with Gasteiger partial charge in [0.05, 0.1) is 17.4 Å². The average molecular weight is 256 g/mol. The highest BCUT2D eigenvalue weighted by Crippen LogP contribution is 2.11. The fourth-order valence-electron chi connectivity index (χ4n) is 1.75. The Balaban J connectivity index is 1.91. The van der Waals surface area contributed by atoms with Gasteiger partial charge in [0.15, 0.2) is 0 Å². The molecule has 0 aromatic carbocycles. The van der Waals surface area contributed by atoms with Crippen molar-refractivity contribution >= 4 is 11.6 Å². The van der Waals surface area contributed by atoms with Crippen LogP contribution in [0.1, 0.15) is 15.9 Å². The largest absolute Gasteiger partial charge is 0.386 e. The van der Waals surface area contributed by atoms with Crippen LogP contribution in [0.25, 0.3) is 0 Å². The molecule has 5 heteroatoms. The Bertz CT molecular complexity index is 542. The second-order valence-corrected chi connectivity index (χ2v) is 4.04. The summed E-state index contributed by atoms with van der Waals surface area (Å²) in [6, 6.07) is 5.58. The van der Waals surface area contributed by atoms with Crippen LogP contribution in [0.5, 0.6) is 0 Å². The number of rotatable bonds is 5. The maximum absolute atomic E-state index is 12.0. The van der Waals surface area contributed by atoms with Crippen molar-refractivity contribution < 1.29 is 4.79 Å². The molecule has 1 amide bonds. The average Bonchev–Trinajstić information content (AvgIpc) is 2.48. The molecule has 0 aliphatic heterocycles. The van der Waals surface area contributed by atoms with E-state index in [0.29, 0.717) is 12.1 Å². The molecule has 0 aliphatic carbocycles. The highest BCUT2D eigenvalue weighted by atomic mass is 16.1. The molecule has 0 unspecified atom stereocenters. The number of nitrogens with zero attached hydrogens (tertiary/aromatic N) is 2. The summed E-state index contributed by atoms with van der Waals surface area (Å²) in [6.45, 7) is 0.579. The van der Waals surface area contributed by atoms with Crippen LogP contribution in [-0.2, 0) is 6.42 Å². The molecule has 2 heterocycles. The zero-order valence-corrected chi connectivity index (χ0v) is 10.8. The molecule has 0 atom stereocenters. The fourth-order valence-corrected chi connectivity index (χ4v) is 1.75. The van der Waals surface area contributed by atoms with Gasteiger partial charge < -0.3 is 10.6 Å². The van der Waals surface area contributed by atoms with E-state index in [1.54, 1.807) is 37.9 Å². The summed E-state index contributed by atoms with van der Waals surface area (Å²) in [5.41, 5.74) is 2.43. The number of aromatic nitrogens is 2. The highest BCUT2D eigenvalue weighted by Gasteiger charge is 2.09. The van der Waals surface area contributed by atoms with Crippen molar-refractivity contribution in [3.05, 3.63) is 54.1 Å². The van der Waals surface area contributed by atoms with Crippen LogP contribution in [0.4, 0.5) is 5.69 Å². The summed E-state index contributed by atoms with van der Waals surface area (Å²) in [6.07, 6.45) is 7.54. The van der Waals surface area contributed by atoms with Crippen LogP contribution in [0.2, 0.25) is 0 Å². The lowest BCUT2D eigenvalue weighted by Crippen LogP contribution is -2.26. The minimum absolute atomic E-state index is 0.101. The van der Waals surface area contributed by atoms with Gasteiger partial charge in [0.25, 0.3) is 5.91 Å². The van der Waals surface area contributed by atoms with E-state index in [-0.39, 0.29) is 5.91 Å². The Morgan fingerprint density at radius 1 is 1.21 bits per heavy atom. The smallest absolute Gasteiger partial charge is 0.253 e. The van der Waals surface area contributed by atoms with Gasteiger partial charge in [-0.3, -0.25) is 14.8 Å². The van der Waals surface area contributed by atoms with Gasteiger partial charge in [0.1, 0.15) is 0 Å². The Morgan fingerprint density at radius 3 is 2.79 bits per heavy atom. The summed E-state index contributed by atoms with van der Waals surface area (Å²) < 4.78 is 0. The van der Waals surface area contributed by atoms with Crippen LogP contribution >= 0.6 is 0 Å². The summed E-state index contributed by atoms with van der Waals surface area (Å²) in [7, 11) is 1.77. The number of carbonyl (C=O) groups is 1. The van der Waals surface area contributed by atoms with Gasteiger partial charge in [-0.1, -0.05) is 6.07 Å². The van der Waals surface area contributed by atoms with Gasteiger partial charge in [-0.05, 0) is 24.1 Å². The molecular weight excluding hydrogens is 240 g/mol. The second kappa shape index (κ2) is 6.49. The molecule has 2 aromatic rings. The van der Waals surface area contributed by atoms with Crippen molar-refractivity contribution in [3.63, 3.8) is 0 Å². The van der Waals surface area contributed by atoms with Crippen molar-refractivity contribution in [2.45, 2.75) is 6.42 Å². The summed E-state index contributed by atoms with van der Waals surface area (Å²) in [5, 5.41) is 5.84. The molecule has 98 valence electrons. The van der Waals surface area contributed by atoms with E-state index in [9.17, 15) is 4.79 Å². The zero-order chi connectivity index (χ0) is 13.5. The van der Waals surface area contributed by atoms with Crippen LogP contribution in [-0.4, -0.2) is 29.5 Å². The fraction of sp³-hybridized carbons (Fsp3) is 0.214. The van der Waals surface area contributed by atoms with E-state index in [0.717, 1.165) is 17.7 Å². The Labute approximate surface area is 112 Å². The molecule has 0 aliphatic rings. The van der Waals surface area contributed by atoms with Crippen LogP contribution < -0.4 is 10.6 Å². The van der Waals surface area contributed by atoms with E-state index in [4.69, 9.17) is 0 Å². The predicted octanol–water partition coefficient (Wildman–Crippen LogP) is 1.49. The molecule has 0 saturated carbocycles. The topological polar surface area (TPSA) is 66.9 Å². The molecule has 2 rings (SSSR count). The summed E-state index contributed by atoms with van der Waals surface area (Å²) >= 11 is 0. The van der Waals surface area contributed by atoms with E-state index >= 15 is 0 Å². The lowest BCUT2D eigenvalue weighted by Gasteiger charge is -2.09. The van der Waals surface area contributed by atoms with Crippen LogP contribution in [0.3, 0.4) is 0 Å². The van der Waals surface area contributed by atoms with Gasteiger partial charge in [-0.15, -0.1) is 0 Å². The minimum atomic E-state index is -0.101. The van der Waals surface area contributed by atoms with Gasteiger partial charge >= 0.3 is 0 Å². The Morgan fingerprint density at radius 2 is 2.05 bits per heavy atom. The predicted molar refractivity (Wildman–Crippen MR) is 74.1 cm³/mol. The second-order valence-electron chi connectivity index (χ2n) is 4.04. The third-order valence-electron chi connectivity index (χ3n) is 2.76. The third kappa shape index (κ3) is 3.51. The lowest BCUT2D eigenvalue weighted by molar-refractivity contribution is 0.0955. The van der Waals surface area contributed by atoms with E-state index in [1.807, 2.05) is 12.1 Å². The Kier molecular flexibility index (Phi) is 4.44. The lowest BCUT2D eigenvalue weighted by atomic mass is 10.2. The first kappa shape index (κ1) is 13.0. The first-order valence-electron chi connectivity index (χ1n) is 6.10. The third-order valence-corrected chi connectivity index (χ3v) is 2.76. The SMILES string of the molecule is CNc1cnccc1C(=O)NCCc1cccnc1. The molecule has 0 bridgehead atoms. The van der Waals surface area contributed by atoms with E-state index in [2.05, 4.69) is 20.6 Å². The normalized spacial score (nSPS) is 9.95. The molecule has 0 saturated heterocycles. The summed E-state index contributed by atoms with van der Waals surface area (Å²) in [4.78, 5) is 20.0. The number of amides is 1. The van der Waals surface area contributed by atoms with Gasteiger partial charge in [0.2, 0.25) is 0 Å². The summed E-state index contributed by atoms with van der Waals surface area (Å²) in [5.74, 6) is -0.101. The number of hydrogen-bond donors (Lipinski definition) is 2. The Hall–Kier alpha value is -2.43. The van der Waals surface area contributed by atoms with Crippen molar-refractivity contribution in [1.82, 2.24) is 15.3 Å². The van der Waals surface area contributed by atoms with Crippen molar-refractivity contribution in [2.24, 2.45) is 0 Å². The number of anilines is 1. The number of hydrogen-bond acceptors (Lipinski definition) is 4. The molecule has 0 fully saturated rings. The zero-order valence-electron chi connectivity index (χ0n) is 10.8. The first-order chi connectivity index (χ1) is 9.31. The maximum Gasteiger partial charge on any atom is 0.253 e. The van der Waals surface area contributed by atoms with Crippen LogP contribution in [0, 0.1) is 0 Å². The molecule has 0 radical (unpaired) electrons. The standard InChI is InChI=1S/C14H16N4O/c1-15-13-10-17-7-5-12(13)14(19)18-8-4-11-3-2-6-16-9-11/h2-3,5-7,9-10,15H,4,8H2,1H3,(H,18,19). The minimum Gasteiger partial charge on any atom is -0.386 e. The highest BCUT2D eigenvalue weighted by molar-refractivity contribution is 5.99. The molecule has 2 N–H and O–H groups in total. The van der Waals surface area contributed by atoms with E-state index in [1.165, 1.54) is 0 Å². The van der Waals surface area contributed by atoms with Gasteiger partial charge in [-0.25, -0.2) is 0 Å². The molecule has 5 nitrogen and oxygen atoms in total. The molecule has 0 spiro atoms. The quantitative estimate of drug-likeness (QED) is 0.850. The van der Waals surface area contributed by atoms with Crippen molar-refractivity contribution in [2.75, 3.05) is 18.9 Å². The number of carbonyl (C=O) groups excluding carboxylic acids is 1.